The molecule has 1 aromatic carbocycles. The summed E-state index contributed by atoms with van der Waals surface area (Å²) in [6, 6.07) is 7.65. The first-order chi connectivity index (χ1) is 9.10. The minimum Gasteiger partial charge on any atom is -0.352 e. The molecule has 2 N–H and O–H groups in total. The zero-order valence-electron chi connectivity index (χ0n) is 11.2. The third-order valence-corrected chi connectivity index (χ3v) is 3.06. The Morgan fingerprint density at radius 3 is 2.84 bits per heavy atom. The van der Waals surface area contributed by atoms with E-state index in [0.717, 1.165) is 22.9 Å². The van der Waals surface area contributed by atoms with E-state index in [9.17, 15) is 9.59 Å². The van der Waals surface area contributed by atoms with E-state index in [0.29, 0.717) is 18.5 Å². The molecule has 0 atom stereocenters. The molecule has 0 aliphatic heterocycles. The summed E-state index contributed by atoms with van der Waals surface area (Å²) >= 11 is 0. The van der Waals surface area contributed by atoms with Crippen LogP contribution in [0.2, 0.25) is 0 Å². The van der Waals surface area contributed by atoms with E-state index in [-0.39, 0.29) is 11.5 Å². The van der Waals surface area contributed by atoms with Crippen molar-refractivity contribution in [1.29, 1.82) is 0 Å². The first-order valence-corrected chi connectivity index (χ1v) is 6.49. The summed E-state index contributed by atoms with van der Waals surface area (Å²) in [7, 11) is 0. The maximum atomic E-state index is 11.5. The molecule has 0 saturated heterocycles. The molecule has 0 fully saturated rings. The number of benzene rings is 1. The van der Waals surface area contributed by atoms with Crippen molar-refractivity contribution in [3.63, 3.8) is 0 Å². The van der Waals surface area contributed by atoms with Gasteiger partial charge in [-0.3, -0.25) is 9.59 Å². The van der Waals surface area contributed by atoms with E-state index in [4.69, 9.17) is 0 Å². The number of pyridine rings is 1. The van der Waals surface area contributed by atoms with Crippen LogP contribution in [0.15, 0.2) is 29.1 Å². The highest BCUT2D eigenvalue weighted by molar-refractivity contribution is 5.80. The number of aromatic amines is 1. The molecule has 0 spiro atoms. The van der Waals surface area contributed by atoms with Gasteiger partial charge in [-0.25, -0.2) is 0 Å². The number of H-pyrrole nitrogens is 1. The van der Waals surface area contributed by atoms with Crippen molar-refractivity contribution >= 4 is 16.8 Å². The van der Waals surface area contributed by atoms with Crippen LogP contribution < -0.4 is 10.9 Å². The van der Waals surface area contributed by atoms with Crippen molar-refractivity contribution in [2.45, 2.75) is 33.2 Å². The van der Waals surface area contributed by atoms with Crippen LogP contribution in [0.4, 0.5) is 0 Å². The van der Waals surface area contributed by atoms with Crippen LogP contribution >= 0.6 is 0 Å². The van der Waals surface area contributed by atoms with Gasteiger partial charge in [0.2, 0.25) is 5.91 Å². The Kier molecular flexibility index (Phi) is 4.00. The summed E-state index contributed by atoms with van der Waals surface area (Å²) in [5, 5.41) is 3.87. The van der Waals surface area contributed by atoms with Crippen molar-refractivity contribution in [1.82, 2.24) is 10.3 Å². The van der Waals surface area contributed by atoms with Gasteiger partial charge in [0, 0.05) is 24.0 Å². The SMILES string of the molecule is CCCC(=O)NCc1ccc2[nH]c(=O)c(C)cc2c1. The number of amides is 1. The lowest BCUT2D eigenvalue weighted by atomic mass is 10.1. The highest BCUT2D eigenvalue weighted by Gasteiger charge is 2.02. The van der Waals surface area contributed by atoms with E-state index in [1.807, 2.05) is 31.2 Å². The van der Waals surface area contributed by atoms with E-state index in [2.05, 4.69) is 10.3 Å². The molecule has 0 saturated carbocycles. The van der Waals surface area contributed by atoms with E-state index in [1.165, 1.54) is 0 Å². The molecule has 0 aliphatic carbocycles. The van der Waals surface area contributed by atoms with Gasteiger partial charge < -0.3 is 10.3 Å². The number of hydrogen-bond donors (Lipinski definition) is 2. The van der Waals surface area contributed by atoms with Gasteiger partial charge in [-0.15, -0.1) is 0 Å². The highest BCUT2D eigenvalue weighted by atomic mass is 16.1. The van der Waals surface area contributed by atoms with Crippen molar-refractivity contribution in [2.75, 3.05) is 0 Å². The van der Waals surface area contributed by atoms with Crippen LogP contribution in [0, 0.1) is 6.92 Å². The van der Waals surface area contributed by atoms with Gasteiger partial charge >= 0.3 is 0 Å². The number of aromatic nitrogens is 1. The predicted octanol–water partition coefficient (Wildman–Crippen LogP) is 2.25. The third-order valence-electron chi connectivity index (χ3n) is 3.06. The maximum absolute atomic E-state index is 11.5. The fourth-order valence-corrected chi connectivity index (χ4v) is 1.99. The number of fused-ring (bicyclic) bond motifs is 1. The average molecular weight is 258 g/mol. The lowest BCUT2D eigenvalue weighted by molar-refractivity contribution is -0.121. The number of aryl methyl sites for hydroxylation is 1. The lowest BCUT2D eigenvalue weighted by Crippen LogP contribution is -2.22. The average Bonchev–Trinajstić information content (AvgIpc) is 2.38. The molecular weight excluding hydrogens is 240 g/mol. The van der Waals surface area contributed by atoms with Crippen LogP contribution in [0.25, 0.3) is 10.9 Å². The van der Waals surface area contributed by atoms with Gasteiger partial charge in [0.1, 0.15) is 0 Å². The van der Waals surface area contributed by atoms with Gasteiger partial charge in [-0.2, -0.15) is 0 Å². The highest BCUT2D eigenvalue weighted by Crippen LogP contribution is 2.13. The lowest BCUT2D eigenvalue weighted by Gasteiger charge is -2.06. The van der Waals surface area contributed by atoms with Gasteiger partial charge in [0.05, 0.1) is 0 Å². The predicted molar refractivity (Wildman–Crippen MR) is 76.1 cm³/mol. The van der Waals surface area contributed by atoms with Crippen LogP contribution in [0.1, 0.15) is 30.9 Å². The van der Waals surface area contributed by atoms with Crippen LogP contribution in [0.5, 0.6) is 0 Å². The van der Waals surface area contributed by atoms with E-state index < -0.39 is 0 Å². The fraction of sp³-hybridized carbons (Fsp3) is 0.333. The van der Waals surface area contributed by atoms with Crippen molar-refractivity contribution in [3.8, 4) is 0 Å². The number of carbonyl (C=O) groups excluding carboxylic acids is 1. The molecule has 0 unspecified atom stereocenters. The van der Waals surface area contributed by atoms with Crippen LogP contribution in [-0.4, -0.2) is 10.9 Å². The first-order valence-electron chi connectivity index (χ1n) is 6.49. The molecule has 1 aromatic heterocycles. The van der Waals surface area contributed by atoms with Crippen molar-refractivity contribution in [2.24, 2.45) is 0 Å². The Labute approximate surface area is 111 Å². The third kappa shape index (κ3) is 3.22. The zero-order valence-corrected chi connectivity index (χ0v) is 11.2. The summed E-state index contributed by atoms with van der Waals surface area (Å²) in [6.45, 7) is 4.29. The first kappa shape index (κ1) is 13.3. The number of nitrogens with one attached hydrogen (secondary N) is 2. The Balaban J connectivity index is 2.19. The Hall–Kier alpha value is -2.10. The Morgan fingerprint density at radius 1 is 1.32 bits per heavy atom. The second-order valence-electron chi connectivity index (χ2n) is 4.73. The van der Waals surface area contributed by atoms with Gasteiger partial charge in [-0.1, -0.05) is 13.0 Å². The summed E-state index contributed by atoms with van der Waals surface area (Å²) in [5.74, 6) is 0.0697. The molecule has 0 aliphatic rings. The molecule has 2 rings (SSSR count). The van der Waals surface area contributed by atoms with Gasteiger partial charge in [0.25, 0.3) is 5.56 Å². The Morgan fingerprint density at radius 2 is 2.11 bits per heavy atom. The second kappa shape index (κ2) is 5.69. The molecule has 4 nitrogen and oxygen atoms in total. The van der Waals surface area contributed by atoms with Gasteiger partial charge in [-0.05, 0) is 42.5 Å². The molecule has 0 bridgehead atoms. The summed E-state index contributed by atoms with van der Waals surface area (Å²) in [6.07, 6.45) is 1.41. The maximum Gasteiger partial charge on any atom is 0.251 e. The molecule has 19 heavy (non-hydrogen) atoms. The minimum absolute atomic E-state index is 0.0588. The van der Waals surface area contributed by atoms with E-state index >= 15 is 0 Å². The fourth-order valence-electron chi connectivity index (χ4n) is 1.99. The number of carbonyl (C=O) groups is 1. The topological polar surface area (TPSA) is 62.0 Å². The molecular formula is C15H18N2O2. The summed E-state index contributed by atoms with van der Waals surface area (Å²) in [4.78, 5) is 25.7. The second-order valence-corrected chi connectivity index (χ2v) is 4.73. The normalized spacial score (nSPS) is 10.6. The quantitative estimate of drug-likeness (QED) is 0.883. The number of hydrogen-bond acceptors (Lipinski definition) is 2. The van der Waals surface area contributed by atoms with Crippen LogP contribution in [0.3, 0.4) is 0 Å². The molecule has 100 valence electrons. The minimum atomic E-state index is -0.0588. The molecule has 0 radical (unpaired) electrons. The Bertz CT molecular complexity index is 659. The van der Waals surface area contributed by atoms with Crippen LogP contribution in [-0.2, 0) is 11.3 Å². The van der Waals surface area contributed by atoms with Crippen molar-refractivity contribution in [3.05, 3.63) is 45.7 Å². The molecule has 1 heterocycles. The van der Waals surface area contributed by atoms with Crippen molar-refractivity contribution < 1.29 is 4.79 Å². The smallest absolute Gasteiger partial charge is 0.251 e. The molecule has 2 aromatic rings. The summed E-state index contributed by atoms with van der Waals surface area (Å²) < 4.78 is 0. The number of rotatable bonds is 4. The van der Waals surface area contributed by atoms with E-state index in [1.54, 1.807) is 6.92 Å². The molecule has 1 amide bonds. The standard InChI is InChI=1S/C15H18N2O2/c1-3-4-14(18)16-9-11-5-6-13-12(8-11)7-10(2)15(19)17-13/h5-8H,3-4,9H2,1-2H3,(H,16,18)(H,17,19). The summed E-state index contributed by atoms with van der Waals surface area (Å²) in [5.41, 5.74) is 2.49. The molecule has 4 heteroatoms. The largest absolute Gasteiger partial charge is 0.352 e. The zero-order chi connectivity index (χ0) is 13.8. The monoisotopic (exact) mass is 258 g/mol. The van der Waals surface area contributed by atoms with Gasteiger partial charge in [0.15, 0.2) is 0 Å².